The number of amides is 1. The minimum Gasteiger partial charge on any atom is -0.480 e. The van der Waals surface area contributed by atoms with Gasteiger partial charge < -0.3 is 10.4 Å². The SMILES string of the molecule is CC(CCS(=O)(=O)C(C)(C)C)(C(=O)O)C(=O)NC1CC1. The van der Waals surface area contributed by atoms with Crippen LogP contribution in [0.3, 0.4) is 0 Å². The molecule has 1 amide bonds. The Morgan fingerprint density at radius 2 is 1.70 bits per heavy atom. The zero-order chi connectivity index (χ0) is 15.8. The van der Waals surface area contributed by atoms with Crippen molar-refractivity contribution in [3.63, 3.8) is 0 Å². The molecule has 1 fully saturated rings. The number of carboxylic acids is 1. The first-order chi connectivity index (χ1) is 8.90. The largest absolute Gasteiger partial charge is 0.480 e. The number of carbonyl (C=O) groups excluding carboxylic acids is 1. The number of nitrogens with one attached hydrogen (secondary N) is 1. The first kappa shape index (κ1) is 16.9. The van der Waals surface area contributed by atoms with Gasteiger partial charge in [0.05, 0.1) is 10.5 Å². The lowest BCUT2D eigenvalue weighted by Crippen LogP contribution is -2.47. The summed E-state index contributed by atoms with van der Waals surface area (Å²) in [4.78, 5) is 23.4. The fourth-order valence-electron chi connectivity index (χ4n) is 1.53. The second-order valence-electron chi connectivity index (χ2n) is 6.57. The summed E-state index contributed by atoms with van der Waals surface area (Å²) in [5, 5.41) is 11.9. The monoisotopic (exact) mass is 305 g/mol. The second kappa shape index (κ2) is 5.35. The van der Waals surface area contributed by atoms with E-state index >= 15 is 0 Å². The molecule has 1 aliphatic carbocycles. The minimum absolute atomic E-state index is 0.0420. The van der Waals surface area contributed by atoms with Crippen molar-refractivity contribution in [3.05, 3.63) is 0 Å². The third-order valence-electron chi connectivity index (χ3n) is 3.69. The molecule has 0 heterocycles. The van der Waals surface area contributed by atoms with Crippen molar-refractivity contribution in [3.8, 4) is 0 Å². The Morgan fingerprint density at radius 3 is 2.05 bits per heavy atom. The summed E-state index contributed by atoms with van der Waals surface area (Å²) in [6.45, 7) is 5.96. The van der Waals surface area contributed by atoms with Gasteiger partial charge in [-0.05, 0) is 47.0 Å². The fourth-order valence-corrected chi connectivity index (χ4v) is 2.82. The molecule has 0 spiro atoms. The number of carboxylic acid groups (broad SMARTS) is 1. The van der Waals surface area contributed by atoms with E-state index in [0.717, 1.165) is 12.8 Å². The lowest BCUT2D eigenvalue weighted by Gasteiger charge is -2.26. The Balaban J connectivity index is 2.82. The third kappa shape index (κ3) is 3.71. The summed E-state index contributed by atoms with van der Waals surface area (Å²) in [5.41, 5.74) is -1.71. The van der Waals surface area contributed by atoms with E-state index in [1.807, 2.05) is 0 Å². The van der Waals surface area contributed by atoms with Crippen LogP contribution in [-0.2, 0) is 19.4 Å². The molecule has 1 rings (SSSR count). The van der Waals surface area contributed by atoms with E-state index in [1.165, 1.54) is 6.92 Å². The van der Waals surface area contributed by atoms with Crippen LogP contribution in [0, 0.1) is 5.41 Å². The highest BCUT2D eigenvalue weighted by atomic mass is 32.2. The van der Waals surface area contributed by atoms with Crippen LogP contribution in [0.1, 0.15) is 47.0 Å². The molecule has 2 N–H and O–H groups in total. The molecule has 7 heteroatoms. The summed E-state index contributed by atoms with van der Waals surface area (Å²) in [6.07, 6.45) is 1.48. The number of hydrogen-bond acceptors (Lipinski definition) is 4. The molecule has 0 radical (unpaired) electrons. The van der Waals surface area contributed by atoms with Gasteiger partial charge in [0.1, 0.15) is 5.41 Å². The Kier molecular flexibility index (Phi) is 4.53. The quantitative estimate of drug-likeness (QED) is 0.712. The van der Waals surface area contributed by atoms with Crippen molar-refractivity contribution in [1.82, 2.24) is 5.32 Å². The van der Waals surface area contributed by atoms with Crippen LogP contribution in [-0.4, -0.2) is 41.9 Å². The van der Waals surface area contributed by atoms with Crippen molar-refractivity contribution >= 4 is 21.7 Å². The van der Waals surface area contributed by atoms with E-state index in [-0.39, 0.29) is 18.2 Å². The summed E-state index contributed by atoms with van der Waals surface area (Å²) in [5.74, 6) is -2.21. The molecule has 1 aliphatic rings. The number of rotatable bonds is 6. The van der Waals surface area contributed by atoms with Crippen molar-refractivity contribution in [2.45, 2.75) is 57.7 Å². The first-order valence-corrected chi connectivity index (χ1v) is 8.32. The summed E-state index contributed by atoms with van der Waals surface area (Å²) in [7, 11) is -3.45. The highest BCUT2D eigenvalue weighted by Crippen LogP contribution is 2.28. The van der Waals surface area contributed by atoms with Crippen molar-refractivity contribution in [1.29, 1.82) is 0 Å². The summed E-state index contributed by atoms with van der Waals surface area (Å²) >= 11 is 0. The molecule has 0 bridgehead atoms. The van der Waals surface area contributed by atoms with Crippen LogP contribution in [0.25, 0.3) is 0 Å². The molecule has 1 atom stereocenters. The van der Waals surface area contributed by atoms with Gasteiger partial charge in [0, 0.05) is 6.04 Å². The lowest BCUT2D eigenvalue weighted by atomic mass is 9.86. The van der Waals surface area contributed by atoms with Crippen LogP contribution in [0.5, 0.6) is 0 Å². The molecule has 0 saturated heterocycles. The zero-order valence-corrected chi connectivity index (χ0v) is 13.2. The minimum atomic E-state index is -3.45. The predicted octanol–water partition coefficient (Wildman–Crippen LogP) is 0.959. The van der Waals surface area contributed by atoms with Gasteiger partial charge in [-0.1, -0.05) is 0 Å². The normalized spacial score (nSPS) is 19.2. The van der Waals surface area contributed by atoms with Gasteiger partial charge in [0.15, 0.2) is 9.84 Å². The van der Waals surface area contributed by atoms with Crippen LogP contribution < -0.4 is 5.32 Å². The third-order valence-corrected chi connectivity index (χ3v) is 6.30. The molecule has 0 aromatic carbocycles. The molecule has 1 unspecified atom stereocenters. The van der Waals surface area contributed by atoms with E-state index in [9.17, 15) is 23.1 Å². The number of carbonyl (C=O) groups is 2. The molecule has 1 saturated carbocycles. The maximum absolute atomic E-state index is 12.1. The zero-order valence-electron chi connectivity index (χ0n) is 12.4. The molecule has 20 heavy (non-hydrogen) atoms. The number of aliphatic carboxylic acids is 1. The van der Waals surface area contributed by atoms with Crippen molar-refractivity contribution in [2.75, 3.05) is 5.75 Å². The van der Waals surface area contributed by atoms with E-state index in [1.54, 1.807) is 20.8 Å². The van der Waals surface area contributed by atoms with Crippen LogP contribution >= 0.6 is 0 Å². The molecular weight excluding hydrogens is 282 g/mol. The second-order valence-corrected chi connectivity index (χ2v) is 9.43. The standard InChI is InChI=1S/C13H23NO5S/c1-12(2,3)20(18,19)8-7-13(4,11(16)17)10(15)14-9-5-6-9/h9H,5-8H2,1-4H3,(H,14,15)(H,16,17). The first-order valence-electron chi connectivity index (χ1n) is 6.67. The fraction of sp³-hybridized carbons (Fsp3) is 0.846. The number of hydrogen-bond donors (Lipinski definition) is 2. The average Bonchev–Trinajstić information content (AvgIpc) is 3.07. The lowest BCUT2D eigenvalue weighted by molar-refractivity contribution is -0.154. The average molecular weight is 305 g/mol. The topological polar surface area (TPSA) is 101 Å². The maximum Gasteiger partial charge on any atom is 0.318 e. The van der Waals surface area contributed by atoms with Gasteiger partial charge in [-0.25, -0.2) is 8.42 Å². The van der Waals surface area contributed by atoms with Crippen LogP contribution in [0.4, 0.5) is 0 Å². The molecule has 0 aromatic heterocycles. The van der Waals surface area contributed by atoms with Crippen LogP contribution in [0.2, 0.25) is 0 Å². The van der Waals surface area contributed by atoms with Crippen molar-refractivity contribution in [2.24, 2.45) is 5.41 Å². The Morgan fingerprint density at radius 1 is 1.20 bits per heavy atom. The Hall–Kier alpha value is -1.11. The Bertz CT molecular complexity index is 501. The van der Waals surface area contributed by atoms with Gasteiger partial charge in [0.25, 0.3) is 0 Å². The molecule has 6 nitrogen and oxygen atoms in total. The summed E-state index contributed by atoms with van der Waals surface area (Å²) < 4.78 is 23.1. The van der Waals surface area contributed by atoms with Gasteiger partial charge in [-0.3, -0.25) is 9.59 Å². The number of sulfone groups is 1. The molecule has 0 aromatic rings. The van der Waals surface area contributed by atoms with Gasteiger partial charge in [-0.15, -0.1) is 0 Å². The molecule has 116 valence electrons. The van der Waals surface area contributed by atoms with Crippen molar-refractivity contribution < 1.29 is 23.1 Å². The molecule has 0 aliphatic heterocycles. The highest BCUT2D eigenvalue weighted by Gasteiger charge is 2.44. The maximum atomic E-state index is 12.1. The van der Waals surface area contributed by atoms with E-state index in [0.29, 0.717) is 0 Å². The molecular formula is C13H23NO5S. The smallest absolute Gasteiger partial charge is 0.318 e. The van der Waals surface area contributed by atoms with Crippen LogP contribution in [0.15, 0.2) is 0 Å². The van der Waals surface area contributed by atoms with E-state index < -0.39 is 31.9 Å². The highest BCUT2D eigenvalue weighted by molar-refractivity contribution is 7.92. The summed E-state index contributed by atoms with van der Waals surface area (Å²) in [6, 6.07) is 0.0420. The van der Waals surface area contributed by atoms with E-state index in [4.69, 9.17) is 0 Å². The van der Waals surface area contributed by atoms with Gasteiger partial charge >= 0.3 is 5.97 Å². The van der Waals surface area contributed by atoms with Gasteiger partial charge in [-0.2, -0.15) is 0 Å². The van der Waals surface area contributed by atoms with E-state index in [2.05, 4.69) is 5.32 Å². The Labute approximate surface area is 119 Å². The van der Waals surface area contributed by atoms with Gasteiger partial charge in [0.2, 0.25) is 5.91 Å². The predicted molar refractivity (Wildman–Crippen MR) is 75.1 cm³/mol.